The second-order valence-electron chi connectivity index (χ2n) is 4.76. The van der Waals surface area contributed by atoms with Crippen LogP contribution in [-0.4, -0.2) is 24.4 Å². The van der Waals surface area contributed by atoms with E-state index in [2.05, 4.69) is 0 Å². The van der Waals surface area contributed by atoms with E-state index in [1.165, 1.54) is 0 Å². The van der Waals surface area contributed by atoms with Crippen LogP contribution in [-0.2, 0) is 10.1 Å². The largest absolute Gasteiger partial charge is 0.746 e. The molecule has 0 heterocycles. The molecule has 3 nitrogen and oxygen atoms in total. The maximum absolute atomic E-state index is 13.5. The molecule has 2 aliphatic rings. The predicted molar refractivity (Wildman–Crippen MR) is 48.5 cm³/mol. The number of fused-ring (bicyclic) bond motifs is 2. The Morgan fingerprint density at radius 2 is 1.88 bits per heavy atom. The lowest BCUT2D eigenvalue weighted by atomic mass is 9.84. The summed E-state index contributed by atoms with van der Waals surface area (Å²) in [6.45, 7) is 0. The summed E-state index contributed by atoms with van der Waals surface area (Å²) in [5, 5.41) is 0. The van der Waals surface area contributed by atoms with Crippen LogP contribution in [0.25, 0.3) is 0 Å². The summed E-state index contributed by atoms with van der Waals surface area (Å²) in [6.07, 6.45) is 2.16. The first-order chi connectivity index (χ1) is 7.23. The van der Waals surface area contributed by atoms with Crippen molar-refractivity contribution < 1.29 is 26.1 Å². The molecule has 0 N–H and O–H groups in total. The molecule has 0 radical (unpaired) electrons. The summed E-state index contributed by atoms with van der Waals surface area (Å²) in [6, 6.07) is 0. The average Bonchev–Trinajstić information content (AvgIpc) is 2.75. The first-order valence-corrected chi connectivity index (χ1v) is 6.66. The van der Waals surface area contributed by atoms with E-state index < -0.39 is 27.5 Å². The van der Waals surface area contributed by atoms with Gasteiger partial charge in [0.1, 0.15) is 10.1 Å². The topological polar surface area (TPSA) is 57.2 Å². The molecular weight excluding hydrogens is 245 g/mol. The molecule has 0 saturated heterocycles. The quantitative estimate of drug-likeness (QED) is 0.725. The molecule has 0 aromatic rings. The van der Waals surface area contributed by atoms with Crippen molar-refractivity contribution in [2.45, 2.75) is 37.1 Å². The van der Waals surface area contributed by atoms with Gasteiger partial charge in [-0.3, -0.25) is 0 Å². The van der Waals surface area contributed by atoms with Crippen molar-refractivity contribution in [3.05, 3.63) is 0 Å². The van der Waals surface area contributed by atoms with Crippen molar-refractivity contribution in [3.63, 3.8) is 0 Å². The fourth-order valence-electron chi connectivity index (χ4n) is 3.08. The van der Waals surface area contributed by atoms with E-state index in [-0.39, 0.29) is 18.3 Å². The Bertz CT molecular complexity index is 381. The minimum atomic E-state index is -5.58. The molecule has 0 spiro atoms. The van der Waals surface area contributed by atoms with Crippen LogP contribution < -0.4 is 0 Å². The summed E-state index contributed by atoms with van der Waals surface area (Å²) in [5.41, 5.74) is -3.61. The van der Waals surface area contributed by atoms with Crippen molar-refractivity contribution in [2.75, 3.05) is 0 Å². The summed E-state index contributed by atoms with van der Waals surface area (Å²) >= 11 is 0. The Labute approximate surface area is 91.8 Å². The van der Waals surface area contributed by atoms with Gasteiger partial charge in [0.05, 0.1) is 0 Å². The third-order valence-electron chi connectivity index (χ3n) is 3.79. The Morgan fingerprint density at radius 1 is 1.25 bits per heavy atom. The van der Waals surface area contributed by atoms with E-state index in [0.717, 1.165) is 6.42 Å². The van der Waals surface area contributed by atoms with Gasteiger partial charge in [-0.2, -0.15) is 0 Å². The number of rotatable bonds is 3. The summed E-state index contributed by atoms with van der Waals surface area (Å²) in [7, 11) is -5.58. The van der Waals surface area contributed by atoms with Gasteiger partial charge in [0.15, 0.2) is 0 Å². The van der Waals surface area contributed by atoms with Crippen molar-refractivity contribution in [2.24, 2.45) is 17.8 Å². The van der Waals surface area contributed by atoms with Gasteiger partial charge >= 0.3 is 0 Å². The summed E-state index contributed by atoms with van der Waals surface area (Å²) in [4.78, 5) is 0. The molecule has 94 valence electrons. The van der Waals surface area contributed by atoms with E-state index in [9.17, 15) is 26.1 Å². The zero-order valence-corrected chi connectivity index (χ0v) is 9.22. The monoisotopic (exact) mass is 257 g/mol. The SMILES string of the molecule is O=S(=O)([O-])C(F)C(F)(F)C1CC2CCC1C2. The van der Waals surface area contributed by atoms with Crippen LogP contribution in [0.2, 0.25) is 0 Å². The van der Waals surface area contributed by atoms with Gasteiger partial charge in [-0.1, -0.05) is 6.42 Å². The number of alkyl halides is 3. The molecule has 4 atom stereocenters. The summed E-state index contributed by atoms with van der Waals surface area (Å²) < 4.78 is 71.0. The highest BCUT2D eigenvalue weighted by Crippen LogP contribution is 2.55. The molecule has 2 aliphatic carbocycles. The second kappa shape index (κ2) is 3.60. The second-order valence-corrected chi connectivity index (χ2v) is 6.16. The van der Waals surface area contributed by atoms with Crippen LogP contribution in [0.3, 0.4) is 0 Å². The lowest BCUT2D eigenvalue weighted by Crippen LogP contribution is -2.44. The zero-order chi connectivity index (χ0) is 12.1. The molecule has 4 unspecified atom stereocenters. The summed E-state index contributed by atoms with van der Waals surface area (Å²) in [5.74, 6) is -5.52. The van der Waals surface area contributed by atoms with Crippen molar-refractivity contribution in [1.29, 1.82) is 0 Å². The molecular formula is C9H12F3O3S-. The minimum Gasteiger partial charge on any atom is -0.746 e. The van der Waals surface area contributed by atoms with Gasteiger partial charge in [0.25, 0.3) is 11.4 Å². The first kappa shape index (κ1) is 12.2. The van der Waals surface area contributed by atoms with E-state index in [1.807, 2.05) is 0 Å². The van der Waals surface area contributed by atoms with Crippen LogP contribution in [0.5, 0.6) is 0 Å². The molecule has 0 amide bonds. The van der Waals surface area contributed by atoms with E-state index in [0.29, 0.717) is 12.8 Å². The molecule has 7 heteroatoms. The average molecular weight is 257 g/mol. The van der Waals surface area contributed by atoms with Gasteiger partial charge in [0, 0.05) is 5.92 Å². The standard InChI is InChI=1S/C9H13F3O3S/c10-8(16(13,14)15)9(11,12)7-4-5-1-2-6(7)3-5/h5-8H,1-4H2,(H,13,14,15)/p-1. The van der Waals surface area contributed by atoms with Gasteiger partial charge in [0.2, 0.25) is 0 Å². The predicted octanol–water partition coefficient (Wildman–Crippen LogP) is 1.90. The van der Waals surface area contributed by atoms with Gasteiger partial charge in [-0.05, 0) is 31.1 Å². The molecule has 2 saturated carbocycles. The molecule has 2 rings (SSSR count). The molecule has 16 heavy (non-hydrogen) atoms. The molecule has 0 aliphatic heterocycles. The van der Waals surface area contributed by atoms with Gasteiger partial charge in [-0.15, -0.1) is 0 Å². The number of hydrogen-bond donors (Lipinski definition) is 0. The zero-order valence-electron chi connectivity index (χ0n) is 8.40. The molecule has 0 aromatic heterocycles. The van der Waals surface area contributed by atoms with Gasteiger partial charge in [-0.25, -0.2) is 21.6 Å². The van der Waals surface area contributed by atoms with Crippen molar-refractivity contribution in [1.82, 2.24) is 0 Å². The lowest BCUT2D eigenvalue weighted by molar-refractivity contribution is -0.110. The Kier molecular flexibility index (Phi) is 2.73. The third-order valence-corrected chi connectivity index (χ3v) is 4.61. The fourth-order valence-corrected chi connectivity index (χ4v) is 3.64. The lowest BCUT2D eigenvalue weighted by Gasteiger charge is -2.32. The fraction of sp³-hybridized carbons (Fsp3) is 1.00. The first-order valence-electron chi connectivity index (χ1n) is 5.19. The normalized spacial score (nSPS) is 36.6. The smallest absolute Gasteiger partial charge is 0.294 e. The number of halogens is 3. The van der Waals surface area contributed by atoms with E-state index in [4.69, 9.17) is 0 Å². The van der Waals surface area contributed by atoms with Crippen LogP contribution in [0.15, 0.2) is 0 Å². The Hall–Kier alpha value is -0.300. The maximum Gasteiger partial charge on any atom is 0.294 e. The van der Waals surface area contributed by atoms with Crippen molar-refractivity contribution >= 4 is 10.1 Å². The van der Waals surface area contributed by atoms with E-state index >= 15 is 0 Å². The molecule has 2 bridgehead atoms. The van der Waals surface area contributed by atoms with E-state index in [1.54, 1.807) is 0 Å². The van der Waals surface area contributed by atoms with Gasteiger partial charge < -0.3 is 4.55 Å². The maximum atomic E-state index is 13.5. The Balaban J connectivity index is 2.19. The molecule has 0 aromatic carbocycles. The number of hydrogen-bond acceptors (Lipinski definition) is 3. The van der Waals surface area contributed by atoms with Crippen molar-refractivity contribution in [3.8, 4) is 0 Å². The minimum absolute atomic E-state index is 0.133. The highest BCUT2D eigenvalue weighted by atomic mass is 32.2. The van der Waals surface area contributed by atoms with Crippen LogP contribution >= 0.6 is 0 Å². The van der Waals surface area contributed by atoms with Crippen LogP contribution in [0, 0.1) is 17.8 Å². The highest BCUT2D eigenvalue weighted by Gasteiger charge is 2.58. The molecule has 2 fully saturated rings. The third kappa shape index (κ3) is 1.84. The highest BCUT2D eigenvalue weighted by molar-refractivity contribution is 7.86. The Morgan fingerprint density at radius 3 is 2.25 bits per heavy atom. The van der Waals surface area contributed by atoms with Crippen LogP contribution in [0.4, 0.5) is 13.2 Å². The van der Waals surface area contributed by atoms with Crippen LogP contribution in [0.1, 0.15) is 25.7 Å².